The van der Waals surface area contributed by atoms with Crippen molar-refractivity contribution >= 4 is 17.0 Å². The van der Waals surface area contributed by atoms with E-state index < -0.39 is 0 Å². The molecule has 30 heavy (non-hydrogen) atoms. The predicted molar refractivity (Wildman–Crippen MR) is 119 cm³/mol. The summed E-state index contributed by atoms with van der Waals surface area (Å²) >= 11 is 0. The normalized spacial score (nSPS) is 19.7. The van der Waals surface area contributed by atoms with Crippen molar-refractivity contribution in [3.63, 3.8) is 0 Å². The predicted octanol–water partition coefficient (Wildman–Crippen LogP) is 3.85. The van der Waals surface area contributed by atoms with E-state index in [4.69, 9.17) is 14.5 Å². The van der Waals surface area contributed by atoms with Crippen molar-refractivity contribution in [2.45, 2.75) is 19.4 Å². The summed E-state index contributed by atoms with van der Waals surface area (Å²) in [5.74, 6) is 0. The van der Waals surface area contributed by atoms with Gasteiger partial charge in [-0.3, -0.25) is 9.88 Å². The molecule has 0 spiro atoms. The van der Waals surface area contributed by atoms with Gasteiger partial charge in [0.25, 0.3) is 0 Å². The molecule has 2 fully saturated rings. The first-order valence-corrected chi connectivity index (χ1v) is 10.9. The maximum atomic E-state index is 5.51. The monoisotopic (exact) mass is 401 g/mol. The lowest BCUT2D eigenvalue weighted by atomic mass is 10.0. The van der Waals surface area contributed by atoms with Gasteiger partial charge in [-0.2, -0.15) is 0 Å². The molecule has 154 valence electrons. The van der Waals surface area contributed by atoms with Crippen molar-refractivity contribution in [3.05, 3.63) is 58.9 Å². The van der Waals surface area contributed by atoms with Gasteiger partial charge in [0.1, 0.15) is 0 Å². The first-order valence-electron chi connectivity index (χ1n) is 10.9. The zero-order valence-electron chi connectivity index (χ0n) is 17.4. The zero-order valence-corrected chi connectivity index (χ0v) is 17.4. The van der Waals surface area contributed by atoms with E-state index in [2.05, 4.69) is 59.0 Å². The van der Waals surface area contributed by atoms with Crippen LogP contribution < -0.4 is 0 Å². The lowest BCUT2D eigenvalue weighted by Gasteiger charge is -2.28. The third-order valence-corrected chi connectivity index (χ3v) is 6.58. The van der Waals surface area contributed by atoms with Crippen LogP contribution in [0.1, 0.15) is 22.9 Å². The molecule has 0 unspecified atom stereocenters. The van der Waals surface area contributed by atoms with Crippen LogP contribution in [-0.4, -0.2) is 60.5 Å². The van der Waals surface area contributed by atoms with Gasteiger partial charge < -0.3 is 14.0 Å². The number of aromatic nitrogens is 2. The van der Waals surface area contributed by atoms with Crippen LogP contribution in [0.4, 0.5) is 0 Å². The second kappa shape index (κ2) is 7.34. The molecule has 0 atom stereocenters. The van der Waals surface area contributed by atoms with E-state index in [9.17, 15) is 0 Å². The molecule has 0 bridgehead atoms. The molecule has 1 aliphatic carbocycles. The number of ether oxygens (including phenoxy) is 2. The molecule has 2 saturated heterocycles. The number of hydrogen-bond donors (Lipinski definition) is 0. The molecule has 1 aromatic carbocycles. The SMILES string of the molecule is Cc1cc2c(c(-c3cn(C4COC4)c4ccccc34)n1)C=C(CN1CCOCC1)C2. The van der Waals surface area contributed by atoms with E-state index in [1.54, 1.807) is 0 Å². The van der Waals surface area contributed by atoms with Crippen LogP contribution in [0, 0.1) is 6.92 Å². The fourth-order valence-corrected chi connectivity index (χ4v) is 4.99. The average Bonchev–Trinajstić information content (AvgIpc) is 3.28. The number of morpholine rings is 1. The Morgan fingerprint density at radius 1 is 1.10 bits per heavy atom. The van der Waals surface area contributed by atoms with Gasteiger partial charge in [0.05, 0.1) is 38.2 Å². The molecular formula is C25H27N3O2. The quantitative estimate of drug-likeness (QED) is 0.666. The third kappa shape index (κ3) is 3.09. The average molecular weight is 402 g/mol. The van der Waals surface area contributed by atoms with Gasteiger partial charge in [-0.15, -0.1) is 0 Å². The fourth-order valence-electron chi connectivity index (χ4n) is 4.99. The highest BCUT2D eigenvalue weighted by atomic mass is 16.5. The maximum absolute atomic E-state index is 5.51. The summed E-state index contributed by atoms with van der Waals surface area (Å²) < 4.78 is 13.4. The number of benzene rings is 1. The maximum Gasteiger partial charge on any atom is 0.0804 e. The summed E-state index contributed by atoms with van der Waals surface area (Å²) in [6.07, 6.45) is 5.72. The van der Waals surface area contributed by atoms with Crippen molar-refractivity contribution in [2.75, 3.05) is 46.1 Å². The zero-order chi connectivity index (χ0) is 20.1. The Balaban J connectivity index is 1.43. The molecule has 0 N–H and O–H groups in total. The van der Waals surface area contributed by atoms with Crippen molar-refractivity contribution in [1.29, 1.82) is 0 Å². The molecule has 0 radical (unpaired) electrons. The molecule has 0 amide bonds. The van der Waals surface area contributed by atoms with E-state index in [-0.39, 0.29) is 0 Å². The fraction of sp³-hybridized carbons (Fsp3) is 0.400. The van der Waals surface area contributed by atoms with E-state index in [0.29, 0.717) is 6.04 Å². The summed E-state index contributed by atoms with van der Waals surface area (Å²) in [7, 11) is 0. The molecule has 3 aromatic rings. The van der Waals surface area contributed by atoms with Crippen LogP contribution >= 0.6 is 0 Å². The Bertz CT molecular complexity index is 1140. The Labute approximate surface area is 176 Å². The van der Waals surface area contributed by atoms with E-state index in [1.807, 2.05) is 0 Å². The summed E-state index contributed by atoms with van der Waals surface area (Å²) in [6.45, 7) is 8.46. The molecule has 5 nitrogen and oxygen atoms in total. The molecule has 0 saturated carbocycles. The van der Waals surface area contributed by atoms with Gasteiger partial charge in [0, 0.05) is 53.6 Å². The van der Waals surface area contributed by atoms with E-state index in [0.717, 1.165) is 63.9 Å². The van der Waals surface area contributed by atoms with Gasteiger partial charge >= 0.3 is 0 Å². The lowest BCUT2D eigenvalue weighted by molar-refractivity contribution is -0.0213. The van der Waals surface area contributed by atoms with Gasteiger partial charge in [0.2, 0.25) is 0 Å². The standard InChI is InChI=1S/C25H27N3O2/c1-17-10-19-11-18(13-27-6-8-29-9-7-27)12-22(19)25(26-17)23-14-28(20-15-30-16-20)24-5-3-2-4-21(23)24/h2-5,10,12,14,20H,6-9,11,13,15-16H2,1H3. The molecule has 5 heteroatoms. The molecule has 3 aliphatic rings. The number of fused-ring (bicyclic) bond motifs is 2. The highest BCUT2D eigenvalue weighted by molar-refractivity contribution is 5.98. The number of aryl methyl sites for hydroxylation is 1. The Hall–Kier alpha value is -2.47. The van der Waals surface area contributed by atoms with Crippen LogP contribution in [0.3, 0.4) is 0 Å². The van der Waals surface area contributed by atoms with Crippen molar-refractivity contribution in [2.24, 2.45) is 0 Å². The molecule has 2 aromatic heterocycles. The van der Waals surface area contributed by atoms with Crippen LogP contribution in [0.2, 0.25) is 0 Å². The van der Waals surface area contributed by atoms with Gasteiger partial charge in [-0.05, 0) is 31.0 Å². The number of rotatable bonds is 4. The van der Waals surface area contributed by atoms with Crippen LogP contribution in [0.15, 0.2) is 42.1 Å². The van der Waals surface area contributed by atoms with Gasteiger partial charge in [0.15, 0.2) is 0 Å². The topological polar surface area (TPSA) is 39.5 Å². The van der Waals surface area contributed by atoms with Crippen LogP contribution in [0.5, 0.6) is 0 Å². The van der Waals surface area contributed by atoms with E-state index >= 15 is 0 Å². The second-order valence-corrected chi connectivity index (χ2v) is 8.71. The minimum absolute atomic E-state index is 0.425. The smallest absolute Gasteiger partial charge is 0.0804 e. The summed E-state index contributed by atoms with van der Waals surface area (Å²) in [5, 5.41) is 1.28. The van der Waals surface area contributed by atoms with Gasteiger partial charge in [-0.1, -0.05) is 29.8 Å². The van der Waals surface area contributed by atoms with Crippen LogP contribution in [0.25, 0.3) is 28.2 Å². The second-order valence-electron chi connectivity index (χ2n) is 8.71. The number of nitrogens with zero attached hydrogens (tertiary/aromatic N) is 3. The number of para-hydroxylation sites is 1. The summed E-state index contributed by atoms with van der Waals surface area (Å²) in [6, 6.07) is 11.4. The Kier molecular flexibility index (Phi) is 4.48. The molecule has 2 aliphatic heterocycles. The lowest BCUT2D eigenvalue weighted by Crippen LogP contribution is -2.37. The van der Waals surface area contributed by atoms with Crippen molar-refractivity contribution < 1.29 is 9.47 Å². The highest BCUT2D eigenvalue weighted by Gasteiger charge is 2.26. The first-order chi connectivity index (χ1) is 14.8. The Morgan fingerprint density at radius 3 is 2.73 bits per heavy atom. The minimum Gasteiger partial charge on any atom is -0.379 e. The largest absolute Gasteiger partial charge is 0.379 e. The summed E-state index contributed by atoms with van der Waals surface area (Å²) in [4.78, 5) is 7.54. The molecule has 4 heterocycles. The van der Waals surface area contributed by atoms with Crippen molar-refractivity contribution in [1.82, 2.24) is 14.5 Å². The number of pyridine rings is 1. The van der Waals surface area contributed by atoms with Gasteiger partial charge in [-0.25, -0.2) is 0 Å². The molecule has 6 rings (SSSR count). The highest BCUT2D eigenvalue weighted by Crippen LogP contribution is 2.39. The number of hydrogen-bond acceptors (Lipinski definition) is 4. The van der Waals surface area contributed by atoms with E-state index in [1.165, 1.54) is 33.2 Å². The van der Waals surface area contributed by atoms with Crippen molar-refractivity contribution in [3.8, 4) is 11.3 Å². The third-order valence-electron chi connectivity index (χ3n) is 6.58. The minimum atomic E-state index is 0.425. The summed E-state index contributed by atoms with van der Waals surface area (Å²) in [5.41, 5.74) is 8.92. The first kappa shape index (κ1) is 18.3. The Morgan fingerprint density at radius 2 is 1.93 bits per heavy atom. The van der Waals surface area contributed by atoms with Crippen LogP contribution in [-0.2, 0) is 15.9 Å². The molecular weight excluding hydrogens is 374 g/mol.